The van der Waals surface area contributed by atoms with Crippen LogP contribution in [0.2, 0.25) is 0 Å². The highest BCUT2D eigenvalue weighted by Crippen LogP contribution is 2.42. The van der Waals surface area contributed by atoms with Gasteiger partial charge >= 0.3 is 0 Å². The number of nitrogens with one attached hydrogen (secondary N) is 1. The van der Waals surface area contributed by atoms with E-state index in [1.54, 1.807) is 13.1 Å². The quantitative estimate of drug-likeness (QED) is 0.321. The molecule has 0 saturated heterocycles. The molecule has 7 heteroatoms. The Morgan fingerprint density at radius 3 is 2.59 bits per heavy atom. The molecule has 1 aromatic heterocycles. The Morgan fingerprint density at radius 1 is 1.00 bits per heavy atom. The summed E-state index contributed by atoms with van der Waals surface area (Å²) in [4.78, 5) is 19.8. The van der Waals surface area contributed by atoms with Crippen molar-refractivity contribution in [2.45, 2.75) is 51.9 Å². The number of carbonyl (C=O) groups is 1. The standard InChI is InChI=1S/C37H38FN3O3/c1-23-12-13-24-9-6-5-7-18-40-22-33(24)44-35(23)27-11-8-10-26(19-27)29-20-30-32(21-31(29)41(3)4)43-36(34(30)37(42)39-2)25-14-16-28(38)17-15-25/h8-11,14,16,18-22H,5-7,12-13,15,17H2,1-4H3,(H,39,42). The van der Waals surface area contributed by atoms with Crippen molar-refractivity contribution < 1.29 is 18.3 Å². The molecular weight excluding hydrogens is 553 g/mol. The zero-order chi connectivity index (χ0) is 30.8. The number of rotatable bonds is 5. The second kappa shape index (κ2) is 12.5. The van der Waals surface area contributed by atoms with E-state index in [1.165, 1.54) is 17.2 Å². The Balaban J connectivity index is 1.47. The number of allylic oxidation sites excluding steroid dienone is 7. The lowest BCUT2D eigenvalue weighted by Gasteiger charge is -2.19. The maximum Gasteiger partial charge on any atom is 0.255 e. The van der Waals surface area contributed by atoms with Gasteiger partial charge in [0.2, 0.25) is 0 Å². The van der Waals surface area contributed by atoms with Gasteiger partial charge in [-0.1, -0.05) is 30.4 Å². The van der Waals surface area contributed by atoms with Crippen LogP contribution < -0.4 is 10.2 Å². The second-order valence-corrected chi connectivity index (χ2v) is 11.7. The van der Waals surface area contributed by atoms with Crippen LogP contribution in [0.15, 0.2) is 93.0 Å². The van der Waals surface area contributed by atoms with E-state index in [0.29, 0.717) is 28.7 Å². The Hall–Kier alpha value is -4.65. The van der Waals surface area contributed by atoms with Gasteiger partial charge in [-0.2, -0.15) is 0 Å². The molecule has 2 aromatic carbocycles. The minimum absolute atomic E-state index is 0.173. The molecule has 0 spiro atoms. The highest BCUT2D eigenvalue weighted by atomic mass is 19.1. The Bertz CT molecular complexity index is 1820. The van der Waals surface area contributed by atoms with Gasteiger partial charge in [0.25, 0.3) is 5.91 Å². The van der Waals surface area contributed by atoms with Crippen molar-refractivity contribution in [2.75, 3.05) is 26.0 Å². The first-order valence-corrected chi connectivity index (χ1v) is 15.3. The van der Waals surface area contributed by atoms with Crippen molar-refractivity contribution in [3.05, 3.63) is 100 Å². The van der Waals surface area contributed by atoms with Gasteiger partial charge in [0, 0.05) is 62.0 Å². The van der Waals surface area contributed by atoms with E-state index in [0.717, 1.165) is 71.6 Å². The molecule has 0 atom stereocenters. The van der Waals surface area contributed by atoms with Crippen LogP contribution in [0.25, 0.3) is 33.4 Å². The molecule has 2 aliphatic heterocycles. The summed E-state index contributed by atoms with van der Waals surface area (Å²) >= 11 is 0. The summed E-state index contributed by atoms with van der Waals surface area (Å²) in [5, 5.41) is 3.49. The summed E-state index contributed by atoms with van der Waals surface area (Å²) in [7, 11) is 5.60. The van der Waals surface area contributed by atoms with Gasteiger partial charge in [-0.25, -0.2) is 4.39 Å². The predicted molar refractivity (Wildman–Crippen MR) is 177 cm³/mol. The molecule has 0 unspecified atom stereocenters. The smallest absolute Gasteiger partial charge is 0.255 e. The normalized spacial score (nSPS) is 17.2. The molecule has 3 aromatic rings. The first-order valence-electron chi connectivity index (χ1n) is 15.3. The van der Waals surface area contributed by atoms with Crippen LogP contribution in [0.3, 0.4) is 0 Å². The molecule has 3 heterocycles. The molecule has 44 heavy (non-hydrogen) atoms. The molecule has 3 aliphatic rings. The molecule has 0 saturated carbocycles. The average molecular weight is 592 g/mol. The van der Waals surface area contributed by atoms with Crippen LogP contribution >= 0.6 is 0 Å². The molecule has 0 fully saturated rings. The van der Waals surface area contributed by atoms with Crippen LogP contribution in [0.4, 0.5) is 10.1 Å². The van der Waals surface area contributed by atoms with Crippen LogP contribution in [0.1, 0.15) is 73.6 Å². The van der Waals surface area contributed by atoms with Crippen LogP contribution in [-0.4, -0.2) is 33.3 Å². The van der Waals surface area contributed by atoms with Gasteiger partial charge in [-0.15, -0.1) is 0 Å². The van der Waals surface area contributed by atoms with Crippen molar-refractivity contribution in [2.24, 2.45) is 4.99 Å². The largest absolute Gasteiger partial charge is 0.455 e. The molecule has 1 N–H and O–H groups in total. The molecule has 1 aliphatic carbocycles. The van der Waals surface area contributed by atoms with E-state index >= 15 is 0 Å². The van der Waals surface area contributed by atoms with Gasteiger partial charge in [0.1, 0.15) is 28.7 Å². The van der Waals surface area contributed by atoms with Crippen molar-refractivity contribution in [3.63, 3.8) is 0 Å². The number of ether oxygens (including phenoxy) is 1. The highest BCUT2D eigenvalue weighted by molar-refractivity contribution is 6.11. The fraction of sp³-hybridized carbons (Fsp3) is 0.297. The lowest BCUT2D eigenvalue weighted by molar-refractivity contribution is 0.0963. The summed E-state index contributed by atoms with van der Waals surface area (Å²) in [6.45, 7) is 2.14. The molecule has 0 radical (unpaired) electrons. The lowest BCUT2D eigenvalue weighted by Crippen LogP contribution is -2.19. The minimum atomic E-state index is -0.241. The zero-order valence-corrected chi connectivity index (χ0v) is 25.8. The van der Waals surface area contributed by atoms with Gasteiger partial charge < -0.3 is 19.4 Å². The molecule has 1 amide bonds. The number of furan rings is 1. The van der Waals surface area contributed by atoms with E-state index in [4.69, 9.17) is 9.15 Å². The molecular formula is C37H38FN3O3. The fourth-order valence-electron chi connectivity index (χ4n) is 6.06. The Morgan fingerprint density at radius 2 is 1.82 bits per heavy atom. The summed E-state index contributed by atoms with van der Waals surface area (Å²) < 4.78 is 26.8. The number of carbonyl (C=O) groups excluding carboxylic acids is 1. The average Bonchev–Trinajstić information content (AvgIpc) is 3.38. The number of aliphatic imine (C=N–C) groups is 1. The number of fused-ring (bicyclic) bond motifs is 2. The van der Waals surface area contributed by atoms with Crippen LogP contribution in [0, 0.1) is 0 Å². The van der Waals surface area contributed by atoms with Crippen molar-refractivity contribution in [3.8, 4) is 11.1 Å². The third-order valence-electron chi connectivity index (χ3n) is 8.48. The summed E-state index contributed by atoms with van der Waals surface area (Å²) in [6, 6.07) is 12.4. The SMILES string of the molecule is CNC(=O)c1c(C2=CC=C(F)CC2)oc2cc(N(C)C)c(-c3cccc(C4=C(C)CCC5=CCCCC=NC=C5O4)c3)cc12. The van der Waals surface area contributed by atoms with E-state index < -0.39 is 0 Å². The summed E-state index contributed by atoms with van der Waals surface area (Å²) in [6.07, 6.45) is 14.9. The molecule has 226 valence electrons. The molecule has 0 bridgehead atoms. The number of nitrogens with zero attached hydrogens (tertiary/aromatic N) is 2. The number of amides is 1. The summed E-state index contributed by atoms with van der Waals surface area (Å²) in [5.74, 6) is 1.73. The maximum atomic E-state index is 13.8. The van der Waals surface area contributed by atoms with Gasteiger partial charge in [0.05, 0.1) is 11.8 Å². The number of hydrogen-bond donors (Lipinski definition) is 1. The number of benzene rings is 2. The number of anilines is 1. The van der Waals surface area contributed by atoms with E-state index in [9.17, 15) is 9.18 Å². The highest BCUT2D eigenvalue weighted by Gasteiger charge is 2.26. The van der Waals surface area contributed by atoms with Gasteiger partial charge in [-0.3, -0.25) is 9.79 Å². The Labute approximate surface area is 258 Å². The first-order chi connectivity index (χ1) is 21.3. The lowest BCUT2D eigenvalue weighted by atomic mass is 9.94. The topological polar surface area (TPSA) is 67.1 Å². The van der Waals surface area contributed by atoms with Gasteiger partial charge in [0.15, 0.2) is 0 Å². The van der Waals surface area contributed by atoms with Crippen molar-refractivity contribution >= 4 is 40.1 Å². The van der Waals surface area contributed by atoms with Crippen molar-refractivity contribution in [1.29, 1.82) is 0 Å². The molecule has 6 nitrogen and oxygen atoms in total. The predicted octanol–water partition coefficient (Wildman–Crippen LogP) is 9.12. The number of halogens is 1. The number of hydrogen-bond acceptors (Lipinski definition) is 5. The minimum Gasteiger partial charge on any atom is -0.455 e. The third kappa shape index (κ3) is 5.79. The monoisotopic (exact) mass is 591 g/mol. The fourth-order valence-corrected chi connectivity index (χ4v) is 6.06. The first kappa shape index (κ1) is 29.4. The van der Waals surface area contributed by atoms with E-state index in [1.807, 2.05) is 49.6 Å². The van der Waals surface area contributed by atoms with E-state index in [2.05, 4.69) is 41.5 Å². The molecule has 6 rings (SSSR count). The van der Waals surface area contributed by atoms with Gasteiger partial charge in [-0.05, 0) is 85.9 Å². The third-order valence-corrected chi connectivity index (χ3v) is 8.48. The van der Waals surface area contributed by atoms with Crippen LogP contribution in [-0.2, 0) is 4.74 Å². The maximum absolute atomic E-state index is 13.8. The van der Waals surface area contributed by atoms with Crippen molar-refractivity contribution in [1.82, 2.24) is 5.32 Å². The summed E-state index contributed by atoms with van der Waals surface area (Å²) in [5.41, 5.74) is 8.16. The second-order valence-electron chi connectivity index (χ2n) is 11.7. The van der Waals surface area contributed by atoms with E-state index in [-0.39, 0.29) is 18.2 Å². The Kier molecular flexibility index (Phi) is 8.38. The zero-order valence-electron chi connectivity index (χ0n) is 25.8. The van der Waals surface area contributed by atoms with Crippen LogP contribution in [0.5, 0.6) is 0 Å².